The van der Waals surface area contributed by atoms with E-state index in [-0.39, 0.29) is 18.4 Å². The second-order valence-electron chi connectivity index (χ2n) is 7.08. The average molecular weight is 372 g/mol. The maximum atomic E-state index is 12.3. The van der Waals surface area contributed by atoms with E-state index in [0.717, 1.165) is 24.1 Å². The molecule has 0 spiro atoms. The number of fused-ring (bicyclic) bond motifs is 1. The molecule has 138 valence electrons. The molecule has 5 nitrogen and oxygen atoms in total. The summed E-state index contributed by atoms with van der Waals surface area (Å²) in [5.41, 5.74) is 9.44. The van der Waals surface area contributed by atoms with Gasteiger partial charge in [0.05, 0.1) is 11.4 Å². The van der Waals surface area contributed by atoms with E-state index in [1.54, 1.807) is 0 Å². The molecule has 1 aromatic carbocycles. The Morgan fingerprint density at radius 2 is 2.00 bits per heavy atom. The molecule has 0 fully saturated rings. The number of thiophene rings is 1. The molecule has 0 aliphatic heterocycles. The Labute approximate surface area is 158 Å². The Hall–Kier alpha value is -2.34. The summed E-state index contributed by atoms with van der Waals surface area (Å²) in [7, 11) is 0. The van der Waals surface area contributed by atoms with E-state index in [2.05, 4.69) is 29.2 Å². The molecule has 6 heteroatoms. The smallest absolute Gasteiger partial charge is 0.279 e. The van der Waals surface area contributed by atoms with Gasteiger partial charge < -0.3 is 5.32 Å². The zero-order valence-electron chi connectivity index (χ0n) is 15.4. The molecular formula is C20H25N3O2S. The van der Waals surface area contributed by atoms with Gasteiger partial charge in [0.2, 0.25) is 0 Å². The van der Waals surface area contributed by atoms with Crippen LogP contribution in [0, 0.1) is 19.8 Å². The van der Waals surface area contributed by atoms with Crippen molar-refractivity contribution in [2.45, 2.75) is 40.0 Å². The van der Waals surface area contributed by atoms with E-state index in [1.807, 2.05) is 32.0 Å². The minimum absolute atomic E-state index is 0.0998. The predicted octanol–water partition coefficient (Wildman–Crippen LogP) is 3.36. The number of hydrogen-bond donors (Lipinski definition) is 3. The lowest BCUT2D eigenvalue weighted by Gasteiger charge is -2.16. The quantitative estimate of drug-likeness (QED) is 0.722. The zero-order valence-corrected chi connectivity index (χ0v) is 16.3. The highest BCUT2D eigenvalue weighted by atomic mass is 32.1. The summed E-state index contributed by atoms with van der Waals surface area (Å²) in [6.45, 7) is 6.36. The van der Waals surface area contributed by atoms with Crippen LogP contribution < -0.4 is 16.2 Å². The summed E-state index contributed by atoms with van der Waals surface area (Å²) in [5, 5.41) is 3.09. The van der Waals surface area contributed by atoms with Gasteiger partial charge in [0.1, 0.15) is 0 Å². The van der Waals surface area contributed by atoms with Crippen molar-refractivity contribution in [1.82, 2.24) is 10.9 Å². The van der Waals surface area contributed by atoms with Gasteiger partial charge in [-0.1, -0.05) is 24.6 Å². The summed E-state index contributed by atoms with van der Waals surface area (Å²) in [5.74, 6) is 0.134. The van der Waals surface area contributed by atoms with Crippen LogP contribution in [-0.2, 0) is 17.6 Å². The van der Waals surface area contributed by atoms with E-state index in [1.165, 1.54) is 33.8 Å². The van der Waals surface area contributed by atoms with Gasteiger partial charge in [-0.15, -0.1) is 11.3 Å². The average Bonchev–Trinajstić information content (AvgIpc) is 3.02. The molecule has 0 saturated heterocycles. The minimum Gasteiger partial charge on any atom is -0.376 e. The van der Waals surface area contributed by atoms with E-state index in [0.29, 0.717) is 10.8 Å². The molecular weight excluding hydrogens is 346 g/mol. The Kier molecular flexibility index (Phi) is 5.61. The van der Waals surface area contributed by atoms with Crippen molar-refractivity contribution in [3.63, 3.8) is 0 Å². The maximum absolute atomic E-state index is 12.3. The van der Waals surface area contributed by atoms with Crippen molar-refractivity contribution in [2.24, 2.45) is 5.92 Å². The first kappa shape index (κ1) is 18.5. The third kappa shape index (κ3) is 4.43. The molecule has 1 heterocycles. The minimum atomic E-state index is -0.284. The van der Waals surface area contributed by atoms with Crippen molar-refractivity contribution in [2.75, 3.05) is 11.9 Å². The van der Waals surface area contributed by atoms with Crippen LogP contribution >= 0.6 is 11.3 Å². The topological polar surface area (TPSA) is 70.2 Å². The van der Waals surface area contributed by atoms with Gasteiger partial charge in [-0.3, -0.25) is 20.4 Å². The third-order valence-electron chi connectivity index (χ3n) is 4.69. The van der Waals surface area contributed by atoms with Gasteiger partial charge in [-0.25, -0.2) is 0 Å². The van der Waals surface area contributed by atoms with Crippen LogP contribution in [0.15, 0.2) is 24.3 Å². The van der Waals surface area contributed by atoms with E-state index >= 15 is 0 Å². The fourth-order valence-corrected chi connectivity index (χ4v) is 4.34. The molecule has 26 heavy (non-hydrogen) atoms. The number of benzene rings is 1. The number of rotatable bonds is 4. The van der Waals surface area contributed by atoms with Crippen LogP contribution in [0.1, 0.15) is 44.6 Å². The molecule has 0 radical (unpaired) electrons. The number of hydrazine groups is 1. The van der Waals surface area contributed by atoms with Gasteiger partial charge in [0.25, 0.3) is 11.8 Å². The summed E-state index contributed by atoms with van der Waals surface area (Å²) in [4.78, 5) is 26.2. The predicted molar refractivity (Wildman–Crippen MR) is 106 cm³/mol. The number of carbonyl (C=O) groups excluding carboxylic acids is 2. The van der Waals surface area contributed by atoms with Crippen molar-refractivity contribution < 1.29 is 9.59 Å². The second-order valence-corrected chi connectivity index (χ2v) is 8.22. The normalized spacial score (nSPS) is 15.9. The fraction of sp³-hybridized carbons (Fsp3) is 0.400. The monoisotopic (exact) mass is 371 g/mol. The number of aryl methyl sites for hydroxylation is 3. The molecule has 1 aliphatic carbocycles. The van der Waals surface area contributed by atoms with Crippen LogP contribution in [0.4, 0.5) is 5.69 Å². The van der Waals surface area contributed by atoms with E-state index < -0.39 is 0 Å². The summed E-state index contributed by atoms with van der Waals surface area (Å²) >= 11 is 1.53. The van der Waals surface area contributed by atoms with Crippen LogP contribution in [0.3, 0.4) is 0 Å². The molecule has 1 aliphatic rings. The van der Waals surface area contributed by atoms with Gasteiger partial charge >= 0.3 is 0 Å². The van der Waals surface area contributed by atoms with Crippen molar-refractivity contribution >= 4 is 28.8 Å². The standard InChI is InChI=1S/C20H25N3O2S/c1-12-4-6-16(14(3)8-12)21-11-19(24)22-23-20(25)18-10-15-9-13(2)5-7-17(15)26-18/h4,6,8,10,13,21H,5,7,9,11H2,1-3H3,(H,22,24)(H,23,25)/t13-/m1/s1. The first-order valence-corrected chi connectivity index (χ1v) is 9.76. The maximum Gasteiger partial charge on any atom is 0.279 e. The Morgan fingerprint density at radius 1 is 1.19 bits per heavy atom. The molecule has 1 atom stereocenters. The molecule has 2 amide bonds. The van der Waals surface area contributed by atoms with Gasteiger partial charge in [0.15, 0.2) is 0 Å². The Bertz CT molecular complexity index is 828. The highest BCUT2D eigenvalue weighted by Crippen LogP contribution is 2.32. The number of hydrogen-bond acceptors (Lipinski definition) is 4. The summed E-state index contributed by atoms with van der Waals surface area (Å²) in [6, 6.07) is 7.97. The van der Waals surface area contributed by atoms with Crippen LogP contribution in [0.2, 0.25) is 0 Å². The number of anilines is 1. The van der Waals surface area contributed by atoms with Crippen molar-refractivity contribution in [3.05, 3.63) is 50.7 Å². The number of carbonyl (C=O) groups is 2. The molecule has 0 unspecified atom stereocenters. The molecule has 0 saturated carbocycles. The largest absolute Gasteiger partial charge is 0.376 e. The van der Waals surface area contributed by atoms with Crippen molar-refractivity contribution in [3.8, 4) is 0 Å². The second kappa shape index (κ2) is 7.91. The highest BCUT2D eigenvalue weighted by Gasteiger charge is 2.20. The van der Waals surface area contributed by atoms with Crippen molar-refractivity contribution in [1.29, 1.82) is 0 Å². The molecule has 2 aromatic rings. The number of nitrogens with one attached hydrogen (secondary N) is 3. The third-order valence-corrected chi connectivity index (χ3v) is 5.93. The van der Waals surface area contributed by atoms with Crippen LogP contribution in [0.5, 0.6) is 0 Å². The molecule has 3 rings (SSSR count). The molecule has 3 N–H and O–H groups in total. The lowest BCUT2D eigenvalue weighted by atomic mass is 9.90. The molecule has 0 bridgehead atoms. The molecule has 1 aromatic heterocycles. The Balaban J connectivity index is 1.49. The first-order chi connectivity index (χ1) is 12.4. The van der Waals surface area contributed by atoms with Gasteiger partial charge in [-0.2, -0.15) is 0 Å². The lowest BCUT2D eigenvalue weighted by molar-refractivity contribution is -0.120. The van der Waals surface area contributed by atoms with E-state index in [9.17, 15) is 9.59 Å². The van der Waals surface area contributed by atoms with Gasteiger partial charge in [-0.05, 0) is 62.3 Å². The Morgan fingerprint density at radius 3 is 2.77 bits per heavy atom. The fourth-order valence-electron chi connectivity index (χ4n) is 3.24. The summed E-state index contributed by atoms with van der Waals surface area (Å²) in [6.07, 6.45) is 3.25. The lowest BCUT2D eigenvalue weighted by Crippen LogP contribution is -2.43. The van der Waals surface area contributed by atoms with E-state index in [4.69, 9.17) is 0 Å². The number of amides is 2. The zero-order chi connectivity index (χ0) is 18.7. The van der Waals surface area contributed by atoms with Crippen LogP contribution in [-0.4, -0.2) is 18.4 Å². The first-order valence-electron chi connectivity index (χ1n) is 8.94. The highest BCUT2D eigenvalue weighted by molar-refractivity contribution is 7.14. The van der Waals surface area contributed by atoms with Gasteiger partial charge in [0, 0.05) is 10.6 Å². The van der Waals surface area contributed by atoms with Crippen LogP contribution in [0.25, 0.3) is 0 Å². The SMILES string of the molecule is Cc1ccc(NCC(=O)NNC(=O)c2cc3c(s2)CC[C@@H](C)C3)c(C)c1. The summed E-state index contributed by atoms with van der Waals surface area (Å²) < 4.78 is 0.